The van der Waals surface area contributed by atoms with Gasteiger partial charge in [0.05, 0.1) is 12.4 Å². The van der Waals surface area contributed by atoms with Crippen LogP contribution in [0.4, 0.5) is 0 Å². The van der Waals surface area contributed by atoms with Crippen LogP contribution in [0.25, 0.3) is 0 Å². The number of carbonyl (C=O) groups is 1. The number of nitrogens with one attached hydrogen (secondary N) is 1. The monoisotopic (exact) mass is 265 g/mol. The Kier molecular flexibility index (Phi) is 8.16. The van der Waals surface area contributed by atoms with Crippen molar-refractivity contribution in [2.45, 2.75) is 39.7 Å². The van der Waals surface area contributed by atoms with Gasteiger partial charge in [-0.3, -0.25) is 4.79 Å². The second kappa shape index (κ2) is 8.47. The average molecular weight is 265 g/mol. The molecule has 1 N–H and O–H groups in total. The number of hydrogen-bond donors (Lipinski definition) is 1. The molecule has 0 bridgehead atoms. The van der Waals surface area contributed by atoms with Crippen molar-refractivity contribution in [3.05, 3.63) is 0 Å². The van der Waals surface area contributed by atoms with E-state index in [0.29, 0.717) is 12.5 Å². The molecule has 0 aliphatic heterocycles. The summed E-state index contributed by atoms with van der Waals surface area (Å²) in [6, 6.07) is 0.304. The van der Waals surface area contributed by atoms with Crippen molar-refractivity contribution in [1.29, 1.82) is 0 Å². The highest BCUT2D eigenvalue weighted by Crippen LogP contribution is 2.02. The fourth-order valence-corrected chi connectivity index (χ4v) is 2.71. The van der Waals surface area contributed by atoms with Crippen LogP contribution in [0.5, 0.6) is 0 Å². The lowest BCUT2D eigenvalue weighted by Gasteiger charge is -2.11. The van der Waals surface area contributed by atoms with E-state index in [9.17, 15) is 13.2 Å². The molecule has 0 aliphatic carbocycles. The maximum Gasteiger partial charge on any atom is 0.321 e. The van der Waals surface area contributed by atoms with Gasteiger partial charge < -0.3 is 10.1 Å². The summed E-state index contributed by atoms with van der Waals surface area (Å²) in [6.07, 6.45) is 1.35. The predicted octanol–water partition coefficient (Wildman–Crippen LogP) is 0.743. The second-order valence-electron chi connectivity index (χ2n) is 4.00. The van der Waals surface area contributed by atoms with Gasteiger partial charge >= 0.3 is 5.97 Å². The van der Waals surface area contributed by atoms with E-state index in [2.05, 4.69) is 10.1 Å². The van der Waals surface area contributed by atoms with Crippen LogP contribution in [0.3, 0.4) is 0 Å². The Morgan fingerprint density at radius 3 is 2.53 bits per heavy atom. The van der Waals surface area contributed by atoms with Crippen molar-refractivity contribution in [2.24, 2.45) is 0 Å². The Hall–Kier alpha value is -0.620. The third kappa shape index (κ3) is 9.12. The van der Waals surface area contributed by atoms with Gasteiger partial charge in [0.2, 0.25) is 0 Å². The summed E-state index contributed by atoms with van der Waals surface area (Å²) in [6.45, 7) is 6.76. The molecule has 6 heteroatoms. The standard InChI is InChI=1S/C11H23NO4S/c1-4-12-10(3)7-6-8-17(14,15)9-11(13)16-5-2/h10,12H,4-9H2,1-3H3. The molecule has 0 aromatic rings. The zero-order chi connectivity index (χ0) is 13.3. The Morgan fingerprint density at radius 1 is 1.35 bits per heavy atom. The fraction of sp³-hybridized carbons (Fsp3) is 0.909. The maximum absolute atomic E-state index is 11.5. The highest BCUT2D eigenvalue weighted by Gasteiger charge is 2.17. The Balaban J connectivity index is 3.90. The van der Waals surface area contributed by atoms with Gasteiger partial charge in [-0.1, -0.05) is 6.92 Å². The molecule has 5 nitrogen and oxygen atoms in total. The van der Waals surface area contributed by atoms with Crippen LogP contribution in [-0.4, -0.2) is 45.1 Å². The molecule has 0 radical (unpaired) electrons. The smallest absolute Gasteiger partial charge is 0.321 e. The van der Waals surface area contributed by atoms with Crippen LogP contribution in [0, 0.1) is 0 Å². The van der Waals surface area contributed by atoms with Gasteiger partial charge in [-0.15, -0.1) is 0 Å². The van der Waals surface area contributed by atoms with Gasteiger partial charge in [0.25, 0.3) is 0 Å². The van der Waals surface area contributed by atoms with E-state index in [-0.39, 0.29) is 12.4 Å². The fourth-order valence-electron chi connectivity index (χ4n) is 1.51. The lowest BCUT2D eigenvalue weighted by molar-refractivity contribution is -0.139. The largest absolute Gasteiger partial charge is 0.465 e. The SMILES string of the molecule is CCNC(C)CCCS(=O)(=O)CC(=O)OCC. The van der Waals surface area contributed by atoms with E-state index in [1.165, 1.54) is 0 Å². The minimum absolute atomic E-state index is 0.0432. The van der Waals surface area contributed by atoms with Gasteiger partial charge in [0, 0.05) is 6.04 Å². The van der Waals surface area contributed by atoms with Gasteiger partial charge in [0.1, 0.15) is 5.75 Å². The second-order valence-corrected chi connectivity index (χ2v) is 6.18. The van der Waals surface area contributed by atoms with Crippen LogP contribution >= 0.6 is 0 Å². The van der Waals surface area contributed by atoms with Crippen molar-refractivity contribution in [3.8, 4) is 0 Å². The first-order valence-electron chi connectivity index (χ1n) is 6.00. The predicted molar refractivity (Wildman–Crippen MR) is 67.7 cm³/mol. The van der Waals surface area contributed by atoms with Gasteiger partial charge in [-0.25, -0.2) is 8.42 Å². The van der Waals surface area contributed by atoms with E-state index in [4.69, 9.17) is 0 Å². The summed E-state index contributed by atoms with van der Waals surface area (Å²) < 4.78 is 27.7. The Morgan fingerprint density at radius 2 is 2.00 bits per heavy atom. The van der Waals surface area contributed by atoms with Crippen molar-refractivity contribution < 1.29 is 17.9 Å². The first kappa shape index (κ1) is 16.4. The van der Waals surface area contributed by atoms with E-state index < -0.39 is 21.6 Å². The van der Waals surface area contributed by atoms with E-state index in [1.54, 1.807) is 6.92 Å². The number of esters is 1. The zero-order valence-electron chi connectivity index (χ0n) is 10.9. The summed E-state index contributed by atoms with van der Waals surface area (Å²) in [5.74, 6) is -1.12. The molecule has 0 aliphatic rings. The Bertz CT molecular complexity index is 313. The molecule has 102 valence electrons. The third-order valence-electron chi connectivity index (χ3n) is 2.29. The number of hydrogen-bond acceptors (Lipinski definition) is 5. The molecule has 0 fully saturated rings. The molecule has 0 saturated carbocycles. The zero-order valence-corrected chi connectivity index (χ0v) is 11.7. The molecule has 1 atom stereocenters. The molecule has 1 unspecified atom stereocenters. The van der Waals surface area contributed by atoms with Crippen molar-refractivity contribution in [1.82, 2.24) is 5.32 Å². The minimum atomic E-state index is -3.32. The molecule has 0 amide bonds. The van der Waals surface area contributed by atoms with Crippen molar-refractivity contribution >= 4 is 15.8 Å². The number of rotatable bonds is 9. The molecule has 0 heterocycles. The van der Waals surface area contributed by atoms with Gasteiger partial charge in [0.15, 0.2) is 9.84 Å². The number of carbonyl (C=O) groups excluding carboxylic acids is 1. The van der Waals surface area contributed by atoms with E-state index in [1.807, 2.05) is 13.8 Å². The van der Waals surface area contributed by atoms with Crippen LogP contribution in [0.1, 0.15) is 33.6 Å². The summed E-state index contributed by atoms with van der Waals surface area (Å²) >= 11 is 0. The van der Waals surface area contributed by atoms with Crippen LogP contribution in [0.15, 0.2) is 0 Å². The molecule has 0 rings (SSSR count). The van der Waals surface area contributed by atoms with E-state index >= 15 is 0 Å². The molecular formula is C11H23NO4S. The number of sulfone groups is 1. The molecule has 0 aromatic carbocycles. The quantitative estimate of drug-likeness (QED) is 0.623. The normalized spacial score (nSPS) is 13.4. The third-order valence-corrected chi connectivity index (χ3v) is 3.87. The summed E-state index contributed by atoms with van der Waals surface area (Å²) in [4.78, 5) is 11.0. The summed E-state index contributed by atoms with van der Waals surface area (Å²) in [7, 11) is -3.32. The van der Waals surface area contributed by atoms with Crippen LogP contribution in [-0.2, 0) is 19.4 Å². The van der Waals surface area contributed by atoms with Gasteiger partial charge in [-0.05, 0) is 33.2 Å². The molecular weight excluding hydrogens is 242 g/mol. The lowest BCUT2D eigenvalue weighted by Crippen LogP contribution is -2.27. The maximum atomic E-state index is 11.5. The summed E-state index contributed by atoms with van der Waals surface area (Å²) in [5.41, 5.74) is 0. The Labute approximate surface area is 104 Å². The topological polar surface area (TPSA) is 72.5 Å². The highest BCUT2D eigenvalue weighted by molar-refractivity contribution is 7.92. The summed E-state index contributed by atoms with van der Waals surface area (Å²) in [5, 5.41) is 3.21. The van der Waals surface area contributed by atoms with Crippen molar-refractivity contribution in [3.63, 3.8) is 0 Å². The highest BCUT2D eigenvalue weighted by atomic mass is 32.2. The van der Waals surface area contributed by atoms with Crippen LogP contribution < -0.4 is 5.32 Å². The molecule has 17 heavy (non-hydrogen) atoms. The average Bonchev–Trinajstić information content (AvgIpc) is 2.16. The van der Waals surface area contributed by atoms with Gasteiger partial charge in [-0.2, -0.15) is 0 Å². The van der Waals surface area contributed by atoms with Crippen LogP contribution in [0.2, 0.25) is 0 Å². The van der Waals surface area contributed by atoms with Crippen molar-refractivity contribution in [2.75, 3.05) is 24.7 Å². The minimum Gasteiger partial charge on any atom is -0.465 e. The first-order chi connectivity index (χ1) is 7.91. The lowest BCUT2D eigenvalue weighted by atomic mass is 10.2. The first-order valence-corrected chi connectivity index (χ1v) is 7.82. The molecule has 0 saturated heterocycles. The number of ether oxygens (including phenoxy) is 1. The van der Waals surface area contributed by atoms with E-state index in [0.717, 1.165) is 13.0 Å². The molecule has 0 aromatic heterocycles. The molecule has 0 spiro atoms.